The molecule has 0 rings (SSSR count). The lowest BCUT2D eigenvalue weighted by atomic mass is 10.2. The minimum atomic E-state index is 0.505. The zero-order valence-corrected chi connectivity index (χ0v) is 9.47. The Balaban J connectivity index is 3.75. The second kappa shape index (κ2) is 8.48. The molecule has 3 heteroatoms. The highest BCUT2D eigenvalue weighted by molar-refractivity contribution is 4.70. The van der Waals surface area contributed by atoms with Crippen molar-refractivity contribution >= 4 is 0 Å². The van der Waals surface area contributed by atoms with Crippen LogP contribution in [0.15, 0.2) is 0 Å². The Morgan fingerprint density at radius 1 is 1.38 bits per heavy atom. The van der Waals surface area contributed by atoms with E-state index in [0.29, 0.717) is 6.04 Å². The molecule has 0 radical (unpaired) electrons. The van der Waals surface area contributed by atoms with Crippen LogP contribution < -0.4 is 5.32 Å². The Hall–Kier alpha value is -0.120. The van der Waals surface area contributed by atoms with Gasteiger partial charge in [-0.05, 0) is 26.6 Å². The molecule has 13 heavy (non-hydrogen) atoms. The van der Waals surface area contributed by atoms with Gasteiger partial charge in [-0.3, -0.25) is 4.90 Å². The van der Waals surface area contributed by atoms with Gasteiger partial charge >= 0.3 is 0 Å². The van der Waals surface area contributed by atoms with Crippen LogP contribution in [0.1, 0.15) is 20.3 Å². The van der Waals surface area contributed by atoms with Crippen LogP contribution >= 0.6 is 0 Å². The van der Waals surface area contributed by atoms with Crippen LogP contribution in [0.2, 0.25) is 0 Å². The number of nitrogens with zero attached hydrogens (tertiary/aromatic N) is 1. The van der Waals surface area contributed by atoms with Gasteiger partial charge in [0.25, 0.3) is 0 Å². The molecule has 0 spiro atoms. The number of rotatable bonds is 8. The molecule has 3 nitrogen and oxygen atoms in total. The molecular formula is C10H24N2O. The fraction of sp³-hybridized carbons (Fsp3) is 1.00. The number of hydrogen-bond acceptors (Lipinski definition) is 3. The lowest BCUT2D eigenvalue weighted by molar-refractivity contribution is 0.106. The zero-order chi connectivity index (χ0) is 10.1. The number of ether oxygens (including phenoxy) is 1. The predicted octanol–water partition coefficient (Wildman–Crippen LogP) is 0.953. The largest absolute Gasteiger partial charge is 0.383 e. The number of likely N-dealkylation sites (N-methyl/N-ethyl adjacent to an activating group) is 2. The van der Waals surface area contributed by atoms with E-state index >= 15 is 0 Å². The van der Waals surface area contributed by atoms with Crippen LogP contribution in [-0.2, 0) is 4.74 Å². The maximum absolute atomic E-state index is 5.19. The topological polar surface area (TPSA) is 24.5 Å². The summed E-state index contributed by atoms with van der Waals surface area (Å²) in [5.74, 6) is 0. The Kier molecular flexibility index (Phi) is 8.40. The maximum atomic E-state index is 5.19. The van der Waals surface area contributed by atoms with Crippen molar-refractivity contribution in [2.24, 2.45) is 0 Å². The number of hydrogen-bond donors (Lipinski definition) is 1. The predicted molar refractivity (Wildman–Crippen MR) is 57.1 cm³/mol. The van der Waals surface area contributed by atoms with E-state index in [-0.39, 0.29) is 0 Å². The Morgan fingerprint density at radius 2 is 2.08 bits per heavy atom. The van der Waals surface area contributed by atoms with E-state index in [1.54, 1.807) is 7.11 Å². The molecule has 0 fully saturated rings. The second-order valence-corrected chi connectivity index (χ2v) is 3.40. The van der Waals surface area contributed by atoms with Crippen LogP contribution in [0.5, 0.6) is 0 Å². The van der Waals surface area contributed by atoms with Gasteiger partial charge in [-0.1, -0.05) is 13.8 Å². The molecule has 1 atom stereocenters. The zero-order valence-electron chi connectivity index (χ0n) is 9.47. The highest BCUT2D eigenvalue weighted by Gasteiger charge is 2.12. The third-order valence-electron chi connectivity index (χ3n) is 2.19. The summed E-state index contributed by atoms with van der Waals surface area (Å²) in [6, 6.07) is 0.505. The van der Waals surface area contributed by atoms with E-state index in [2.05, 4.69) is 31.1 Å². The normalized spacial score (nSPS) is 13.6. The summed E-state index contributed by atoms with van der Waals surface area (Å²) in [4.78, 5) is 2.35. The first-order valence-corrected chi connectivity index (χ1v) is 5.16. The van der Waals surface area contributed by atoms with Crippen molar-refractivity contribution in [3.8, 4) is 0 Å². The average Bonchev–Trinajstić information content (AvgIpc) is 2.12. The van der Waals surface area contributed by atoms with Gasteiger partial charge in [-0.15, -0.1) is 0 Å². The lowest BCUT2D eigenvalue weighted by Crippen LogP contribution is -2.43. The molecule has 0 saturated heterocycles. The summed E-state index contributed by atoms with van der Waals surface area (Å²) in [5, 5.41) is 3.35. The molecule has 0 amide bonds. The number of nitrogens with one attached hydrogen (secondary N) is 1. The molecule has 0 aromatic rings. The van der Waals surface area contributed by atoms with Gasteiger partial charge in [0.2, 0.25) is 0 Å². The van der Waals surface area contributed by atoms with E-state index in [9.17, 15) is 0 Å². The van der Waals surface area contributed by atoms with Gasteiger partial charge in [0.15, 0.2) is 0 Å². The molecule has 0 bridgehead atoms. The van der Waals surface area contributed by atoms with E-state index in [1.165, 1.54) is 6.42 Å². The average molecular weight is 188 g/mol. The van der Waals surface area contributed by atoms with Crippen molar-refractivity contribution in [1.29, 1.82) is 0 Å². The van der Waals surface area contributed by atoms with Gasteiger partial charge in [0, 0.05) is 19.7 Å². The summed E-state index contributed by atoms with van der Waals surface area (Å²) < 4.78 is 5.19. The van der Waals surface area contributed by atoms with E-state index in [0.717, 1.165) is 26.2 Å². The molecule has 1 N–H and O–H groups in total. The van der Waals surface area contributed by atoms with Gasteiger partial charge in [-0.2, -0.15) is 0 Å². The van der Waals surface area contributed by atoms with Crippen molar-refractivity contribution in [2.75, 3.05) is 40.4 Å². The van der Waals surface area contributed by atoms with Crippen molar-refractivity contribution in [1.82, 2.24) is 10.2 Å². The van der Waals surface area contributed by atoms with Crippen LogP contribution in [0.25, 0.3) is 0 Å². The molecule has 0 aliphatic rings. The fourth-order valence-electron chi connectivity index (χ4n) is 1.38. The van der Waals surface area contributed by atoms with E-state index in [4.69, 9.17) is 4.74 Å². The summed E-state index contributed by atoms with van der Waals surface area (Å²) >= 11 is 0. The molecule has 0 aliphatic carbocycles. The Labute approximate surface area is 82.4 Å². The first-order chi connectivity index (χ1) is 6.26. The van der Waals surface area contributed by atoms with E-state index < -0.39 is 0 Å². The smallest absolute Gasteiger partial charge is 0.0630 e. The summed E-state index contributed by atoms with van der Waals surface area (Å²) in [6.07, 6.45) is 1.20. The second-order valence-electron chi connectivity index (χ2n) is 3.40. The third-order valence-corrected chi connectivity index (χ3v) is 2.19. The van der Waals surface area contributed by atoms with Crippen molar-refractivity contribution < 1.29 is 4.74 Å². The highest BCUT2D eigenvalue weighted by atomic mass is 16.5. The Morgan fingerprint density at radius 3 is 2.54 bits per heavy atom. The summed E-state index contributed by atoms with van der Waals surface area (Å²) in [6.45, 7) is 8.32. The lowest BCUT2D eigenvalue weighted by Gasteiger charge is -2.27. The highest BCUT2D eigenvalue weighted by Crippen LogP contribution is 1.97. The monoisotopic (exact) mass is 188 g/mol. The minimum Gasteiger partial charge on any atom is -0.383 e. The van der Waals surface area contributed by atoms with Gasteiger partial charge in [0.1, 0.15) is 0 Å². The van der Waals surface area contributed by atoms with E-state index in [1.807, 2.05) is 0 Å². The Bertz CT molecular complexity index is 109. The standard InChI is InChI=1S/C10H24N2O/c1-5-7-12(3)10(9-13-4)8-11-6-2/h10-11H,5-9H2,1-4H3. The molecule has 0 aliphatic heterocycles. The maximum Gasteiger partial charge on any atom is 0.0630 e. The molecular weight excluding hydrogens is 164 g/mol. The van der Waals surface area contributed by atoms with Gasteiger partial charge in [0.05, 0.1) is 6.61 Å². The molecule has 80 valence electrons. The van der Waals surface area contributed by atoms with Crippen LogP contribution in [-0.4, -0.2) is 51.3 Å². The third kappa shape index (κ3) is 6.02. The molecule has 0 aromatic carbocycles. The van der Waals surface area contributed by atoms with Gasteiger partial charge < -0.3 is 10.1 Å². The SMILES string of the molecule is CCCN(C)C(CNCC)COC. The van der Waals surface area contributed by atoms with Crippen LogP contribution in [0, 0.1) is 0 Å². The van der Waals surface area contributed by atoms with Gasteiger partial charge in [-0.25, -0.2) is 0 Å². The van der Waals surface area contributed by atoms with Crippen LogP contribution in [0.3, 0.4) is 0 Å². The summed E-state index contributed by atoms with van der Waals surface area (Å²) in [7, 11) is 3.92. The quantitative estimate of drug-likeness (QED) is 0.614. The van der Waals surface area contributed by atoms with Crippen molar-refractivity contribution in [3.63, 3.8) is 0 Å². The van der Waals surface area contributed by atoms with Crippen molar-refractivity contribution in [2.45, 2.75) is 26.3 Å². The first-order valence-electron chi connectivity index (χ1n) is 5.16. The first kappa shape index (κ1) is 12.9. The van der Waals surface area contributed by atoms with Crippen molar-refractivity contribution in [3.05, 3.63) is 0 Å². The molecule has 0 aromatic heterocycles. The summed E-state index contributed by atoms with van der Waals surface area (Å²) in [5.41, 5.74) is 0. The number of methoxy groups -OCH3 is 1. The minimum absolute atomic E-state index is 0.505. The molecule has 1 unspecified atom stereocenters. The molecule has 0 saturated carbocycles. The fourth-order valence-corrected chi connectivity index (χ4v) is 1.38. The van der Waals surface area contributed by atoms with Crippen LogP contribution in [0.4, 0.5) is 0 Å². The molecule has 0 heterocycles.